The molecule has 1 amide bonds. The summed E-state index contributed by atoms with van der Waals surface area (Å²) >= 11 is 0. The second-order valence-corrected chi connectivity index (χ2v) is 9.55. The van der Waals surface area contributed by atoms with Gasteiger partial charge in [-0.15, -0.1) is 0 Å². The Labute approximate surface area is 199 Å². The molecule has 1 heterocycles. The Balaban J connectivity index is 1.78. The number of ether oxygens (including phenoxy) is 3. The van der Waals surface area contributed by atoms with Crippen LogP contribution in [0.15, 0.2) is 48.5 Å². The predicted octanol–water partition coefficient (Wildman–Crippen LogP) is 5.82. The standard InChI is InChI=1S/C28H39NO4/c1-6-27(30)29(20-21-7-11-24(31-4)12-8-21)17-15-26(22-9-13-25(32-5)14-10-22)23-16-18-33-28(2,3)19-23/h7-14,23,26H,6,15-20H2,1-5H3/t23-,26-/m1/s1. The molecular weight excluding hydrogens is 414 g/mol. The molecule has 2 aromatic carbocycles. The maximum atomic E-state index is 12.8. The summed E-state index contributed by atoms with van der Waals surface area (Å²) < 4.78 is 16.6. The van der Waals surface area contributed by atoms with Crippen LogP contribution >= 0.6 is 0 Å². The molecule has 1 aliphatic heterocycles. The van der Waals surface area contributed by atoms with Crippen molar-refractivity contribution < 1.29 is 19.0 Å². The Bertz CT molecular complexity index is 876. The van der Waals surface area contributed by atoms with Gasteiger partial charge in [-0.2, -0.15) is 0 Å². The zero-order valence-corrected chi connectivity index (χ0v) is 20.8. The second kappa shape index (κ2) is 11.6. The van der Waals surface area contributed by atoms with Gasteiger partial charge in [0.2, 0.25) is 5.91 Å². The van der Waals surface area contributed by atoms with Crippen molar-refractivity contribution in [3.05, 3.63) is 59.7 Å². The monoisotopic (exact) mass is 453 g/mol. The first-order valence-corrected chi connectivity index (χ1v) is 12.0. The minimum Gasteiger partial charge on any atom is -0.497 e. The van der Waals surface area contributed by atoms with Crippen LogP contribution in [0.1, 0.15) is 63.5 Å². The number of rotatable bonds is 10. The van der Waals surface area contributed by atoms with Gasteiger partial charge in [-0.1, -0.05) is 31.2 Å². The van der Waals surface area contributed by atoms with E-state index in [1.54, 1.807) is 14.2 Å². The third kappa shape index (κ3) is 6.97. The molecule has 0 aromatic heterocycles. The number of methoxy groups -OCH3 is 2. The Hall–Kier alpha value is -2.53. The molecular formula is C28H39NO4. The molecule has 1 saturated heterocycles. The third-order valence-corrected chi connectivity index (χ3v) is 6.75. The average Bonchev–Trinajstić information content (AvgIpc) is 2.83. The van der Waals surface area contributed by atoms with Crippen LogP contribution in [0, 0.1) is 5.92 Å². The SMILES string of the molecule is CCC(=O)N(CC[C@H](c1ccc(OC)cc1)[C@@H]1CCOC(C)(C)C1)Cc1ccc(OC)cc1. The fourth-order valence-electron chi connectivity index (χ4n) is 4.91. The van der Waals surface area contributed by atoms with E-state index in [0.717, 1.165) is 49.5 Å². The third-order valence-electron chi connectivity index (χ3n) is 6.75. The summed E-state index contributed by atoms with van der Waals surface area (Å²) in [4.78, 5) is 14.8. The van der Waals surface area contributed by atoms with Crippen molar-refractivity contribution in [1.82, 2.24) is 4.90 Å². The molecule has 2 aromatic rings. The first-order valence-electron chi connectivity index (χ1n) is 12.0. The molecule has 2 atom stereocenters. The maximum Gasteiger partial charge on any atom is 0.222 e. The van der Waals surface area contributed by atoms with E-state index in [4.69, 9.17) is 14.2 Å². The highest BCUT2D eigenvalue weighted by molar-refractivity contribution is 5.75. The van der Waals surface area contributed by atoms with Crippen molar-refractivity contribution in [2.75, 3.05) is 27.4 Å². The van der Waals surface area contributed by atoms with Crippen LogP contribution in [0.3, 0.4) is 0 Å². The van der Waals surface area contributed by atoms with E-state index in [-0.39, 0.29) is 11.5 Å². The topological polar surface area (TPSA) is 48.0 Å². The Morgan fingerprint density at radius 1 is 1.06 bits per heavy atom. The molecule has 0 saturated carbocycles. The van der Waals surface area contributed by atoms with Crippen LogP contribution in [0.2, 0.25) is 0 Å². The summed E-state index contributed by atoms with van der Waals surface area (Å²) in [5, 5.41) is 0. The molecule has 1 fully saturated rings. The van der Waals surface area contributed by atoms with Gasteiger partial charge in [0.1, 0.15) is 11.5 Å². The lowest BCUT2D eigenvalue weighted by atomic mass is 9.75. The van der Waals surface area contributed by atoms with Crippen molar-refractivity contribution in [1.29, 1.82) is 0 Å². The van der Waals surface area contributed by atoms with Gasteiger partial charge in [-0.05, 0) is 80.3 Å². The molecule has 0 spiro atoms. The number of hydrogen-bond donors (Lipinski definition) is 0. The van der Waals surface area contributed by atoms with E-state index in [1.807, 2.05) is 48.2 Å². The van der Waals surface area contributed by atoms with Crippen molar-refractivity contribution in [2.24, 2.45) is 5.92 Å². The molecule has 1 aliphatic rings. The fourth-order valence-corrected chi connectivity index (χ4v) is 4.91. The molecule has 0 radical (unpaired) electrons. The van der Waals surface area contributed by atoms with Gasteiger partial charge in [0.25, 0.3) is 0 Å². The van der Waals surface area contributed by atoms with E-state index in [0.29, 0.717) is 24.8 Å². The first-order chi connectivity index (χ1) is 15.8. The maximum absolute atomic E-state index is 12.8. The highest BCUT2D eigenvalue weighted by atomic mass is 16.5. The first kappa shape index (κ1) is 25.1. The minimum absolute atomic E-state index is 0.115. The van der Waals surface area contributed by atoms with Gasteiger partial charge in [0.05, 0.1) is 19.8 Å². The van der Waals surface area contributed by atoms with Gasteiger partial charge in [0, 0.05) is 26.1 Å². The van der Waals surface area contributed by atoms with Gasteiger partial charge >= 0.3 is 0 Å². The van der Waals surface area contributed by atoms with Gasteiger partial charge < -0.3 is 19.1 Å². The van der Waals surface area contributed by atoms with Crippen LogP contribution in [-0.2, 0) is 16.1 Å². The minimum atomic E-state index is -0.115. The molecule has 0 N–H and O–H groups in total. The predicted molar refractivity (Wildman–Crippen MR) is 132 cm³/mol. The molecule has 180 valence electrons. The zero-order valence-electron chi connectivity index (χ0n) is 20.8. The number of amides is 1. The lowest BCUT2D eigenvalue weighted by molar-refractivity contribution is -0.131. The average molecular weight is 454 g/mol. The van der Waals surface area contributed by atoms with Crippen LogP contribution in [0.5, 0.6) is 11.5 Å². The van der Waals surface area contributed by atoms with E-state index in [1.165, 1.54) is 5.56 Å². The summed E-state index contributed by atoms with van der Waals surface area (Å²) in [5.41, 5.74) is 2.31. The summed E-state index contributed by atoms with van der Waals surface area (Å²) in [6, 6.07) is 16.4. The van der Waals surface area contributed by atoms with E-state index in [2.05, 4.69) is 26.0 Å². The van der Waals surface area contributed by atoms with Gasteiger partial charge in [-0.3, -0.25) is 4.79 Å². The Morgan fingerprint density at radius 3 is 2.21 bits per heavy atom. The van der Waals surface area contributed by atoms with Crippen molar-refractivity contribution in [3.8, 4) is 11.5 Å². The van der Waals surface area contributed by atoms with E-state index in [9.17, 15) is 4.79 Å². The zero-order chi connectivity index (χ0) is 23.8. The highest BCUT2D eigenvalue weighted by Crippen LogP contribution is 2.40. The number of carbonyl (C=O) groups excluding carboxylic acids is 1. The van der Waals surface area contributed by atoms with Crippen molar-refractivity contribution in [2.45, 2.75) is 64.5 Å². The molecule has 3 rings (SSSR count). The van der Waals surface area contributed by atoms with Gasteiger partial charge in [-0.25, -0.2) is 0 Å². The Kier molecular flexibility index (Phi) is 8.79. The number of benzene rings is 2. The quantitative estimate of drug-likeness (QED) is 0.455. The highest BCUT2D eigenvalue weighted by Gasteiger charge is 2.34. The number of nitrogens with zero attached hydrogens (tertiary/aromatic N) is 1. The van der Waals surface area contributed by atoms with Crippen LogP contribution in [-0.4, -0.2) is 43.8 Å². The summed E-state index contributed by atoms with van der Waals surface area (Å²) in [7, 11) is 3.36. The van der Waals surface area contributed by atoms with Crippen molar-refractivity contribution in [3.63, 3.8) is 0 Å². The fraction of sp³-hybridized carbons (Fsp3) is 0.536. The molecule has 0 bridgehead atoms. The van der Waals surface area contributed by atoms with E-state index >= 15 is 0 Å². The Morgan fingerprint density at radius 2 is 1.67 bits per heavy atom. The molecule has 33 heavy (non-hydrogen) atoms. The van der Waals surface area contributed by atoms with Crippen LogP contribution < -0.4 is 9.47 Å². The van der Waals surface area contributed by atoms with E-state index < -0.39 is 0 Å². The smallest absolute Gasteiger partial charge is 0.222 e. The molecule has 5 nitrogen and oxygen atoms in total. The second-order valence-electron chi connectivity index (χ2n) is 9.55. The summed E-state index contributed by atoms with van der Waals surface area (Å²) in [5.74, 6) is 2.76. The number of hydrogen-bond acceptors (Lipinski definition) is 4. The molecule has 5 heteroatoms. The van der Waals surface area contributed by atoms with Crippen molar-refractivity contribution >= 4 is 5.91 Å². The summed E-state index contributed by atoms with van der Waals surface area (Å²) in [6.07, 6.45) is 3.49. The molecule has 0 unspecified atom stereocenters. The number of carbonyl (C=O) groups is 1. The normalized spacial score (nSPS) is 18.4. The lowest BCUT2D eigenvalue weighted by Crippen LogP contribution is -2.37. The molecule has 0 aliphatic carbocycles. The van der Waals surface area contributed by atoms with Crippen LogP contribution in [0.25, 0.3) is 0 Å². The van der Waals surface area contributed by atoms with Crippen LogP contribution in [0.4, 0.5) is 0 Å². The largest absolute Gasteiger partial charge is 0.497 e. The summed E-state index contributed by atoms with van der Waals surface area (Å²) in [6.45, 7) is 8.43. The van der Waals surface area contributed by atoms with Gasteiger partial charge in [0.15, 0.2) is 0 Å². The lowest BCUT2D eigenvalue weighted by Gasteiger charge is -2.40.